The Labute approximate surface area is 97.6 Å². The van der Waals surface area contributed by atoms with Gasteiger partial charge in [-0.2, -0.15) is 0 Å². The van der Waals surface area contributed by atoms with Crippen LogP contribution in [0.3, 0.4) is 0 Å². The van der Waals surface area contributed by atoms with E-state index in [1.165, 1.54) is 0 Å². The average Bonchev–Trinajstić information content (AvgIpc) is 2.61. The number of nitrogens with one attached hydrogen (secondary N) is 1. The molecule has 1 amide bonds. The van der Waals surface area contributed by atoms with Gasteiger partial charge < -0.3 is 16.2 Å². The third-order valence-corrected chi connectivity index (χ3v) is 3.28. The van der Waals surface area contributed by atoms with E-state index in [-0.39, 0.29) is 17.9 Å². The molecule has 4 nitrogen and oxygen atoms in total. The first-order valence-corrected chi connectivity index (χ1v) is 6.20. The molecule has 16 heavy (non-hydrogen) atoms. The topological polar surface area (TPSA) is 75.3 Å². The van der Waals surface area contributed by atoms with Gasteiger partial charge in [0, 0.05) is 18.5 Å². The summed E-state index contributed by atoms with van der Waals surface area (Å²) in [4.78, 5) is 11.8. The molecular formula is C12H24N2O2. The Bertz CT molecular complexity index is 241. The molecule has 0 saturated heterocycles. The average molecular weight is 228 g/mol. The fourth-order valence-corrected chi connectivity index (χ4v) is 2.30. The van der Waals surface area contributed by atoms with Gasteiger partial charge >= 0.3 is 0 Å². The third-order valence-electron chi connectivity index (χ3n) is 3.28. The molecule has 1 aliphatic rings. The minimum Gasteiger partial charge on any atom is -0.388 e. The van der Waals surface area contributed by atoms with Gasteiger partial charge in [0.1, 0.15) is 0 Å². The van der Waals surface area contributed by atoms with E-state index in [0.29, 0.717) is 13.0 Å². The van der Waals surface area contributed by atoms with Crippen LogP contribution in [-0.4, -0.2) is 29.2 Å². The van der Waals surface area contributed by atoms with Crippen LogP contribution in [0.2, 0.25) is 0 Å². The zero-order valence-corrected chi connectivity index (χ0v) is 10.3. The zero-order valence-electron chi connectivity index (χ0n) is 10.3. The lowest BCUT2D eigenvalue weighted by atomic mass is 10.00. The first-order valence-electron chi connectivity index (χ1n) is 6.20. The minimum atomic E-state index is -0.787. The van der Waals surface area contributed by atoms with Crippen molar-refractivity contribution in [2.24, 2.45) is 11.7 Å². The lowest BCUT2D eigenvalue weighted by Crippen LogP contribution is -2.42. The van der Waals surface area contributed by atoms with E-state index in [2.05, 4.69) is 5.32 Å². The quantitative estimate of drug-likeness (QED) is 0.651. The number of carbonyl (C=O) groups is 1. The smallest absolute Gasteiger partial charge is 0.223 e. The lowest BCUT2D eigenvalue weighted by Gasteiger charge is -2.23. The fourth-order valence-electron chi connectivity index (χ4n) is 2.30. The van der Waals surface area contributed by atoms with Crippen molar-refractivity contribution in [1.82, 2.24) is 5.32 Å². The van der Waals surface area contributed by atoms with E-state index in [1.54, 1.807) is 6.92 Å². The molecule has 0 aromatic carbocycles. The van der Waals surface area contributed by atoms with E-state index in [1.807, 2.05) is 6.92 Å². The number of aliphatic hydroxyl groups is 1. The number of nitrogens with two attached hydrogens (primary N) is 1. The van der Waals surface area contributed by atoms with E-state index >= 15 is 0 Å². The van der Waals surface area contributed by atoms with E-state index in [0.717, 1.165) is 25.7 Å². The predicted molar refractivity (Wildman–Crippen MR) is 63.9 cm³/mol. The summed E-state index contributed by atoms with van der Waals surface area (Å²) in [7, 11) is 0. The molecule has 0 radical (unpaired) electrons. The molecule has 1 aliphatic carbocycles. The summed E-state index contributed by atoms with van der Waals surface area (Å²) in [5.74, 6) is 0.0942. The standard InChI is InChI=1S/C12H24N2O2/c1-3-6-12(2,16)8-14-11(15)9-4-5-10(13)7-9/h9-10,16H,3-8,13H2,1-2H3,(H,14,15). The van der Waals surface area contributed by atoms with Crippen molar-refractivity contribution in [3.05, 3.63) is 0 Å². The Morgan fingerprint density at radius 2 is 2.25 bits per heavy atom. The van der Waals surface area contributed by atoms with Crippen molar-refractivity contribution in [2.75, 3.05) is 6.54 Å². The Hall–Kier alpha value is -0.610. The van der Waals surface area contributed by atoms with E-state index in [9.17, 15) is 9.90 Å². The van der Waals surface area contributed by atoms with Gasteiger partial charge in [-0.05, 0) is 32.6 Å². The monoisotopic (exact) mass is 228 g/mol. The second kappa shape index (κ2) is 5.64. The molecule has 1 rings (SSSR count). The van der Waals surface area contributed by atoms with Crippen LogP contribution in [0.15, 0.2) is 0 Å². The van der Waals surface area contributed by atoms with E-state index < -0.39 is 5.60 Å². The number of amides is 1. The molecule has 0 aliphatic heterocycles. The van der Waals surface area contributed by atoms with Crippen LogP contribution in [0, 0.1) is 5.92 Å². The van der Waals surface area contributed by atoms with E-state index in [4.69, 9.17) is 5.73 Å². The van der Waals surface area contributed by atoms with Crippen molar-refractivity contribution < 1.29 is 9.90 Å². The summed E-state index contributed by atoms with van der Waals surface area (Å²) < 4.78 is 0. The maximum Gasteiger partial charge on any atom is 0.223 e. The number of hydrogen-bond acceptors (Lipinski definition) is 3. The SMILES string of the molecule is CCCC(C)(O)CNC(=O)C1CCC(N)C1. The Kier molecular flexibility index (Phi) is 4.74. The van der Waals surface area contributed by atoms with Crippen LogP contribution in [-0.2, 0) is 4.79 Å². The zero-order chi connectivity index (χ0) is 12.2. The van der Waals surface area contributed by atoms with Crippen molar-refractivity contribution in [1.29, 1.82) is 0 Å². The van der Waals surface area contributed by atoms with Crippen LogP contribution in [0.4, 0.5) is 0 Å². The van der Waals surface area contributed by atoms with Gasteiger partial charge in [-0.3, -0.25) is 4.79 Å². The molecule has 1 fully saturated rings. The second-order valence-electron chi connectivity index (χ2n) is 5.23. The summed E-state index contributed by atoms with van der Waals surface area (Å²) in [6, 6.07) is 0.173. The maximum absolute atomic E-state index is 11.8. The molecule has 94 valence electrons. The fraction of sp³-hybridized carbons (Fsp3) is 0.917. The lowest BCUT2D eigenvalue weighted by molar-refractivity contribution is -0.126. The first-order chi connectivity index (χ1) is 7.44. The molecule has 0 aromatic rings. The molecule has 0 spiro atoms. The van der Waals surface area contributed by atoms with Crippen LogP contribution in [0.1, 0.15) is 46.0 Å². The highest BCUT2D eigenvalue weighted by Crippen LogP contribution is 2.24. The normalized spacial score (nSPS) is 28.8. The molecule has 0 bridgehead atoms. The number of carbonyl (C=O) groups excluding carboxylic acids is 1. The Balaban J connectivity index is 2.29. The predicted octanol–water partition coefficient (Wildman–Crippen LogP) is 0.781. The molecule has 3 atom stereocenters. The second-order valence-corrected chi connectivity index (χ2v) is 5.23. The van der Waals surface area contributed by atoms with Crippen LogP contribution in [0.5, 0.6) is 0 Å². The molecule has 4 N–H and O–H groups in total. The van der Waals surface area contributed by atoms with Crippen LogP contribution < -0.4 is 11.1 Å². The Morgan fingerprint density at radius 3 is 2.75 bits per heavy atom. The molecule has 4 heteroatoms. The molecule has 3 unspecified atom stereocenters. The van der Waals surface area contributed by atoms with Crippen molar-refractivity contribution in [3.8, 4) is 0 Å². The first kappa shape index (κ1) is 13.5. The van der Waals surface area contributed by atoms with Crippen LogP contribution in [0.25, 0.3) is 0 Å². The van der Waals surface area contributed by atoms with Crippen molar-refractivity contribution in [2.45, 2.75) is 57.6 Å². The summed E-state index contributed by atoms with van der Waals surface area (Å²) in [5.41, 5.74) is 4.98. The highest BCUT2D eigenvalue weighted by molar-refractivity contribution is 5.79. The van der Waals surface area contributed by atoms with Gasteiger partial charge in [-0.15, -0.1) is 0 Å². The summed E-state index contributed by atoms with van der Waals surface area (Å²) in [5, 5.41) is 12.7. The molecule has 1 saturated carbocycles. The van der Waals surface area contributed by atoms with Gasteiger partial charge in [0.2, 0.25) is 5.91 Å². The Morgan fingerprint density at radius 1 is 1.56 bits per heavy atom. The van der Waals surface area contributed by atoms with Crippen LogP contribution >= 0.6 is 0 Å². The van der Waals surface area contributed by atoms with Gasteiger partial charge in [0.25, 0.3) is 0 Å². The largest absolute Gasteiger partial charge is 0.388 e. The maximum atomic E-state index is 11.8. The van der Waals surface area contributed by atoms with Gasteiger partial charge in [-0.1, -0.05) is 13.3 Å². The van der Waals surface area contributed by atoms with Gasteiger partial charge in [0.15, 0.2) is 0 Å². The summed E-state index contributed by atoms with van der Waals surface area (Å²) >= 11 is 0. The van der Waals surface area contributed by atoms with Gasteiger partial charge in [0.05, 0.1) is 5.60 Å². The molecule has 0 heterocycles. The summed E-state index contributed by atoms with van der Waals surface area (Å²) in [6.07, 6.45) is 4.21. The van der Waals surface area contributed by atoms with Gasteiger partial charge in [-0.25, -0.2) is 0 Å². The minimum absolute atomic E-state index is 0.0457. The highest BCUT2D eigenvalue weighted by atomic mass is 16.3. The summed E-state index contributed by atoms with van der Waals surface area (Å²) in [6.45, 7) is 4.12. The van der Waals surface area contributed by atoms with Crippen molar-refractivity contribution in [3.63, 3.8) is 0 Å². The molecule has 0 aromatic heterocycles. The highest BCUT2D eigenvalue weighted by Gasteiger charge is 2.29. The van der Waals surface area contributed by atoms with Crippen molar-refractivity contribution >= 4 is 5.91 Å². The molecular weight excluding hydrogens is 204 g/mol. The third kappa shape index (κ3) is 4.10. The number of rotatable bonds is 5. The number of hydrogen-bond donors (Lipinski definition) is 3.